The summed E-state index contributed by atoms with van der Waals surface area (Å²) < 4.78 is 63.9. The third-order valence-electron chi connectivity index (χ3n) is 3.03. The van der Waals surface area contributed by atoms with Gasteiger partial charge < -0.3 is 10.8 Å². The van der Waals surface area contributed by atoms with Crippen molar-refractivity contribution < 1.29 is 27.1 Å². The lowest BCUT2D eigenvalue weighted by Crippen LogP contribution is -2.45. The van der Waals surface area contributed by atoms with Gasteiger partial charge in [0, 0.05) is 5.56 Å². The summed E-state index contributed by atoms with van der Waals surface area (Å²) in [5, 5.41) is 10.1. The summed E-state index contributed by atoms with van der Waals surface area (Å²) in [6, 6.07) is 5.68. The van der Waals surface area contributed by atoms with Gasteiger partial charge >= 0.3 is 12.1 Å². The third kappa shape index (κ3) is 2.18. The molecule has 0 amide bonds. The minimum atomic E-state index is -5.80. The molecule has 0 aliphatic rings. The van der Waals surface area contributed by atoms with Gasteiger partial charge in [0.25, 0.3) is 0 Å². The number of halogens is 5. The van der Waals surface area contributed by atoms with E-state index in [0.717, 1.165) is 6.07 Å². The lowest BCUT2D eigenvalue weighted by Gasteiger charge is -2.27. The van der Waals surface area contributed by atoms with E-state index in [-0.39, 0.29) is 5.39 Å². The van der Waals surface area contributed by atoms with Crippen molar-refractivity contribution in [3.05, 3.63) is 42.0 Å². The van der Waals surface area contributed by atoms with Gasteiger partial charge in [-0.3, -0.25) is 0 Å². The summed E-state index contributed by atoms with van der Waals surface area (Å²) in [6.07, 6.45) is -5.80. The zero-order valence-electron chi connectivity index (χ0n) is 9.96. The number of nitrogens with two attached hydrogens (primary N) is 1. The predicted octanol–water partition coefficient (Wildman–Crippen LogP) is 3.74. The molecule has 0 radical (unpaired) electrons. The molecule has 0 saturated heterocycles. The van der Waals surface area contributed by atoms with Gasteiger partial charge in [0.2, 0.25) is 0 Å². The fraction of sp³-hybridized carbons (Fsp3) is 0.231. The summed E-state index contributed by atoms with van der Waals surface area (Å²) in [4.78, 5) is 0. The number of hydrogen-bond donors (Lipinski definition) is 2. The molecule has 1 atom stereocenters. The molecule has 0 aliphatic carbocycles. The average Bonchev–Trinajstić information content (AvgIpc) is 2.36. The van der Waals surface area contributed by atoms with Crippen LogP contribution in [0.2, 0.25) is 0 Å². The Hall–Kier alpha value is -1.89. The first-order valence-electron chi connectivity index (χ1n) is 5.57. The van der Waals surface area contributed by atoms with E-state index in [9.17, 15) is 27.1 Å². The van der Waals surface area contributed by atoms with Crippen LogP contribution in [-0.4, -0.2) is 17.2 Å². The van der Waals surface area contributed by atoms with E-state index >= 15 is 0 Å². The normalized spacial score (nSPS) is 14.5. The number of fused-ring (bicyclic) bond motifs is 1. The molecule has 0 heterocycles. The van der Waals surface area contributed by atoms with Crippen molar-refractivity contribution in [3.63, 3.8) is 0 Å². The van der Waals surface area contributed by atoms with Crippen molar-refractivity contribution in [3.8, 4) is 5.75 Å². The monoisotopic (exact) mass is 291 g/mol. The maximum absolute atomic E-state index is 13.4. The second-order valence-corrected chi connectivity index (χ2v) is 4.32. The Balaban J connectivity index is 2.66. The highest BCUT2D eigenvalue weighted by Crippen LogP contribution is 2.46. The molecule has 2 nitrogen and oxygen atoms in total. The summed E-state index contributed by atoms with van der Waals surface area (Å²) in [5.74, 6) is -5.84. The summed E-state index contributed by atoms with van der Waals surface area (Å²) in [5.41, 5.74) is 4.48. The van der Waals surface area contributed by atoms with E-state index in [1.54, 1.807) is 6.07 Å². The standard InChI is InChI=1S/C13H10F5NO/c14-12(15,13(16,17)18)11(19)10-8-4-2-1-3-7(8)5-6-9(10)20/h1-6,11,20H,19H2/t11-/m0/s1. The van der Waals surface area contributed by atoms with Crippen molar-refractivity contribution in [2.45, 2.75) is 18.1 Å². The number of alkyl halides is 5. The molecule has 3 N–H and O–H groups in total. The van der Waals surface area contributed by atoms with Gasteiger partial charge in [0.1, 0.15) is 11.8 Å². The Bertz CT molecular complexity index is 638. The molecule has 0 aromatic heterocycles. The largest absolute Gasteiger partial charge is 0.508 e. The van der Waals surface area contributed by atoms with Crippen LogP contribution in [0.4, 0.5) is 22.0 Å². The molecule has 108 valence electrons. The number of rotatable bonds is 2. The number of aromatic hydroxyl groups is 1. The van der Waals surface area contributed by atoms with E-state index in [1.807, 2.05) is 0 Å². The summed E-state index contributed by atoms with van der Waals surface area (Å²) in [7, 11) is 0. The molecule has 0 spiro atoms. The number of phenols is 1. The van der Waals surface area contributed by atoms with Crippen LogP contribution in [0.25, 0.3) is 10.8 Å². The molecule has 0 saturated carbocycles. The van der Waals surface area contributed by atoms with E-state index in [1.165, 1.54) is 24.3 Å². The van der Waals surface area contributed by atoms with Crippen LogP contribution in [0.5, 0.6) is 5.75 Å². The van der Waals surface area contributed by atoms with Crippen LogP contribution >= 0.6 is 0 Å². The van der Waals surface area contributed by atoms with Crippen LogP contribution in [0, 0.1) is 0 Å². The van der Waals surface area contributed by atoms with Crippen LogP contribution in [-0.2, 0) is 0 Å². The molecular formula is C13H10F5NO. The van der Waals surface area contributed by atoms with Gasteiger partial charge in [-0.25, -0.2) is 0 Å². The van der Waals surface area contributed by atoms with Gasteiger partial charge in [-0.2, -0.15) is 22.0 Å². The summed E-state index contributed by atoms with van der Waals surface area (Å²) >= 11 is 0. The van der Waals surface area contributed by atoms with E-state index in [0.29, 0.717) is 5.39 Å². The van der Waals surface area contributed by atoms with Crippen LogP contribution < -0.4 is 5.73 Å². The molecule has 0 unspecified atom stereocenters. The highest BCUT2D eigenvalue weighted by Gasteiger charge is 2.62. The molecule has 20 heavy (non-hydrogen) atoms. The molecule has 7 heteroatoms. The van der Waals surface area contributed by atoms with Crippen molar-refractivity contribution in [1.29, 1.82) is 0 Å². The van der Waals surface area contributed by atoms with Crippen LogP contribution in [0.3, 0.4) is 0 Å². The second kappa shape index (κ2) is 4.59. The SMILES string of the molecule is N[C@@H](c1c(O)ccc2ccccc12)C(F)(F)C(F)(F)F. The quantitative estimate of drug-likeness (QED) is 0.828. The first-order chi connectivity index (χ1) is 9.16. The van der Waals surface area contributed by atoms with Crippen molar-refractivity contribution in [2.24, 2.45) is 5.73 Å². The minimum Gasteiger partial charge on any atom is -0.508 e. The van der Waals surface area contributed by atoms with Crippen molar-refractivity contribution in [2.75, 3.05) is 0 Å². The Morgan fingerprint density at radius 2 is 1.55 bits per heavy atom. The zero-order chi connectivity index (χ0) is 15.1. The molecule has 2 aromatic rings. The van der Waals surface area contributed by atoms with Gasteiger partial charge in [0.05, 0.1) is 0 Å². The first-order valence-corrected chi connectivity index (χ1v) is 5.57. The fourth-order valence-corrected chi connectivity index (χ4v) is 1.97. The van der Waals surface area contributed by atoms with Gasteiger partial charge in [-0.1, -0.05) is 30.3 Å². The van der Waals surface area contributed by atoms with Gasteiger partial charge in [-0.15, -0.1) is 0 Å². The Kier molecular flexibility index (Phi) is 3.33. The topological polar surface area (TPSA) is 46.2 Å². The smallest absolute Gasteiger partial charge is 0.455 e. The van der Waals surface area contributed by atoms with E-state index in [2.05, 4.69) is 0 Å². The average molecular weight is 291 g/mol. The number of hydrogen-bond acceptors (Lipinski definition) is 2. The lowest BCUT2D eigenvalue weighted by atomic mass is 9.94. The minimum absolute atomic E-state index is 0.0592. The van der Waals surface area contributed by atoms with Crippen molar-refractivity contribution in [1.82, 2.24) is 0 Å². The molecule has 2 aromatic carbocycles. The van der Waals surface area contributed by atoms with E-state index < -0.39 is 29.5 Å². The third-order valence-corrected chi connectivity index (χ3v) is 3.03. The fourth-order valence-electron chi connectivity index (χ4n) is 1.97. The molecule has 0 bridgehead atoms. The molecular weight excluding hydrogens is 281 g/mol. The lowest BCUT2D eigenvalue weighted by molar-refractivity contribution is -0.290. The Morgan fingerprint density at radius 1 is 0.950 bits per heavy atom. The van der Waals surface area contributed by atoms with Gasteiger partial charge in [0.15, 0.2) is 0 Å². The molecule has 2 rings (SSSR count). The number of phenolic OH excluding ortho intramolecular Hbond substituents is 1. The Morgan fingerprint density at radius 3 is 2.15 bits per heavy atom. The Labute approximate surface area is 110 Å². The molecule has 0 fully saturated rings. The highest BCUT2D eigenvalue weighted by atomic mass is 19.4. The van der Waals surface area contributed by atoms with E-state index in [4.69, 9.17) is 5.73 Å². The number of benzene rings is 2. The maximum Gasteiger partial charge on any atom is 0.455 e. The first kappa shape index (κ1) is 14.5. The van der Waals surface area contributed by atoms with Crippen LogP contribution in [0.15, 0.2) is 36.4 Å². The van der Waals surface area contributed by atoms with Crippen molar-refractivity contribution >= 4 is 10.8 Å². The maximum atomic E-state index is 13.4. The van der Waals surface area contributed by atoms with Gasteiger partial charge in [-0.05, 0) is 16.8 Å². The predicted molar refractivity (Wildman–Crippen MR) is 63.5 cm³/mol. The second-order valence-electron chi connectivity index (χ2n) is 4.32. The summed E-state index contributed by atoms with van der Waals surface area (Å²) in [6.45, 7) is 0. The molecule has 0 aliphatic heterocycles. The van der Waals surface area contributed by atoms with Crippen LogP contribution in [0.1, 0.15) is 11.6 Å². The zero-order valence-corrected chi connectivity index (χ0v) is 9.96. The highest BCUT2D eigenvalue weighted by molar-refractivity contribution is 5.88.